The van der Waals surface area contributed by atoms with Crippen molar-refractivity contribution >= 4 is 23.2 Å². The second-order valence-corrected chi connectivity index (χ2v) is 10.1. The highest BCUT2D eigenvalue weighted by Crippen LogP contribution is 2.30. The quantitative estimate of drug-likeness (QED) is 0.298. The van der Waals surface area contributed by atoms with E-state index in [2.05, 4.69) is 25.1 Å². The van der Waals surface area contributed by atoms with Crippen molar-refractivity contribution in [3.8, 4) is 0 Å². The van der Waals surface area contributed by atoms with Gasteiger partial charge in [0.05, 0.1) is 13.1 Å². The van der Waals surface area contributed by atoms with Gasteiger partial charge in [-0.15, -0.1) is 11.3 Å². The van der Waals surface area contributed by atoms with Gasteiger partial charge in [-0.2, -0.15) is 0 Å². The molecule has 5 heteroatoms. The van der Waals surface area contributed by atoms with Crippen LogP contribution in [0.1, 0.15) is 75.2 Å². The fraction of sp³-hybridized carbons (Fsp3) is 0.556. The summed E-state index contributed by atoms with van der Waals surface area (Å²) in [6.45, 7) is 4.31. The van der Waals surface area contributed by atoms with Gasteiger partial charge in [-0.05, 0) is 42.2 Å². The number of hydrogen-bond donors (Lipinski definition) is 0. The van der Waals surface area contributed by atoms with Crippen molar-refractivity contribution < 1.29 is 9.59 Å². The minimum Gasteiger partial charge on any atom is -0.333 e. The third-order valence-corrected chi connectivity index (χ3v) is 6.96. The van der Waals surface area contributed by atoms with E-state index in [1.165, 1.54) is 43.4 Å². The maximum Gasteiger partial charge on any atom is 0.242 e. The fourth-order valence-corrected chi connectivity index (χ4v) is 4.69. The number of rotatable bonds is 15. The van der Waals surface area contributed by atoms with Crippen molar-refractivity contribution in [2.45, 2.75) is 77.8 Å². The average Bonchev–Trinajstić information content (AvgIpc) is 3.47. The van der Waals surface area contributed by atoms with Crippen LogP contribution in [0.2, 0.25) is 0 Å². The van der Waals surface area contributed by atoms with E-state index in [9.17, 15) is 9.59 Å². The highest BCUT2D eigenvalue weighted by atomic mass is 32.1. The van der Waals surface area contributed by atoms with Crippen LogP contribution in [0.4, 0.5) is 0 Å². The molecule has 0 unspecified atom stereocenters. The molecule has 2 amide bonds. The van der Waals surface area contributed by atoms with E-state index in [-0.39, 0.29) is 18.4 Å². The molecule has 3 rings (SSSR count). The number of carbonyl (C=O) groups is 2. The lowest BCUT2D eigenvalue weighted by Crippen LogP contribution is -2.43. The molecule has 1 aliphatic carbocycles. The number of amides is 2. The molecule has 0 aliphatic heterocycles. The van der Waals surface area contributed by atoms with Crippen molar-refractivity contribution in [2.24, 2.45) is 5.92 Å². The van der Waals surface area contributed by atoms with Crippen LogP contribution in [0.25, 0.3) is 0 Å². The molecule has 0 radical (unpaired) electrons. The van der Waals surface area contributed by atoms with Crippen LogP contribution in [0.3, 0.4) is 0 Å². The second kappa shape index (κ2) is 13.4. The Morgan fingerprint density at radius 2 is 1.62 bits per heavy atom. The Morgan fingerprint density at radius 3 is 2.31 bits per heavy atom. The van der Waals surface area contributed by atoms with Crippen LogP contribution in [-0.4, -0.2) is 34.7 Å². The average molecular weight is 455 g/mol. The smallest absolute Gasteiger partial charge is 0.242 e. The van der Waals surface area contributed by atoms with E-state index in [0.717, 1.165) is 24.9 Å². The van der Waals surface area contributed by atoms with Crippen LogP contribution in [0.5, 0.6) is 0 Å². The molecule has 0 atom stereocenters. The number of benzene rings is 1. The summed E-state index contributed by atoms with van der Waals surface area (Å²) in [5.41, 5.74) is 1.12. The van der Waals surface area contributed by atoms with Gasteiger partial charge in [0, 0.05) is 24.4 Å². The Morgan fingerprint density at radius 1 is 0.875 bits per heavy atom. The zero-order chi connectivity index (χ0) is 22.6. The maximum atomic E-state index is 13.4. The zero-order valence-electron chi connectivity index (χ0n) is 19.5. The van der Waals surface area contributed by atoms with E-state index in [1.807, 2.05) is 39.4 Å². The molecule has 1 aromatic heterocycles. The van der Waals surface area contributed by atoms with Gasteiger partial charge < -0.3 is 9.80 Å². The molecule has 174 valence electrons. The van der Waals surface area contributed by atoms with Crippen molar-refractivity contribution in [1.82, 2.24) is 9.80 Å². The summed E-state index contributed by atoms with van der Waals surface area (Å²) in [6, 6.07) is 14.2. The van der Waals surface area contributed by atoms with E-state index in [0.29, 0.717) is 25.4 Å². The van der Waals surface area contributed by atoms with Gasteiger partial charge in [0.2, 0.25) is 11.8 Å². The van der Waals surface area contributed by atoms with Crippen molar-refractivity contribution in [2.75, 3.05) is 13.1 Å². The lowest BCUT2D eigenvalue weighted by atomic mass is 10.1. The summed E-state index contributed by atoms with van der Waals surface area (Å²) >= 11 is 1.67. The van der Waals surface area contributed by atoms with Crippen molar-refractivity contribution in [3.63, 3.8) is 0 Å². The lowest BCUT2D eigenvalue weighted by Gasteiger charge is -2.28. The SMILES string of the molecule is CCCCCCCCC(=O)N(CC(=O)N(Cc1ccccc1)Cc1cccs1)CC1CC1. The molecule has 1 saturated carbocycles. The summed E-state index contributed by atoms with van der Waals surface area (Å²) < 4.78 is 0. The van der Waals surface area contributed by atoms with Crippen LogP contribution in [-0.2, 0) is 22.7 Å². The Labute approximate surface area is 197 Å². The first kappa shape index (κ1) is 24.5. The third-order valence-electron chi connectivity index (χ3n) is 6.09. The molecule has 0 saturated heterocycles. The summed E-state index contributed by atoms with van der Waals surface area (Å²) in [7, 11) is 0. The summed E-state index contributed by atoms with van der Waals surface area (Å²) in [4.78, 5) is 31.3. The Hall–Kier alpha value is -2.14. The first-order valence-corrected chi connectivity index (χ1v) is 13.2. The molecule has 1 heterocycles. The number of carbonyl (C=O) groups excluding carboxylic acids is 2. The molecule has 2 aromatic rings. The topological polar surface area (TPSA) is 40.6 Å². The van der Waals surface area contributed by atoms with Gasteiger partial charge in [0.15, 0.2) is 0 Å². The van der Waals surface area contributed by atoms with Gasteiger partial charge in [-0.1, -0.05) is 75.4 Å². The molecule has 1 aliphatic rings. The molecule has 0 N–H and O–H groups in total. The molecule has 4 nitrogen and oxygen atoms in total. The molecule has 0 spiro atoms. The molecule has 0 bridgehead atoms. The summed E-state index contributed by atoms with van der Waals surface area (Å²) in [6.07, 6.45) is 9.93. The van der Waals surface area contributed by atoms with E-state index >= 15 is 0 Å². The first-order valence-electron chi connectivity index (χ1n) is 12.3. The lowest BCUT2D eigenvalue weighted by molar-refractivity contribution is -0.141. The zero-order valence-corrected chi connectivity index (χ0v) is 20.3. The van der Waals surface area contributed by atoms with Gasteiger partial charge >= 0.3 is 0 Å². The van der Waals surface area contributed by atoms with Gasteiger partial charge in [-0.25, -0.2) is 0 Å². The molecule has 32 heavy (non-hydrogen) atoms. The normalized spacial score (nSPS) is 13.2. The van der Waals surface area contributed by atoms with E-state index < -0.39 is 0 Å². The Balaban J connectivity index is 1.58. The molecular formula is C27H38N2O2S. The fourth-order valence-electron chi connectivity index (χ4n) is 3.97. The highest BCUT2D eigenvalue weighted by molar-refractivity contribution is 7.09. The summed E-state index contributed by atoms with van der Waals surface area (Å²) in [5.74, 6) is 0.770. The highest BCUT2D eigenvalue weighted by Gasteiger charge is 2.29. The van der Waals surface area contributed by atoms with Crippen molar-refractivity contribution in [3.05, 3.63) is 58.3 Å². The molecule has 1 aromatic carbocycles. The standard InChI is InChI=1S/C27H38N2O2S/c1-2-3-4-5-6-10-15-26(30)29(20-24-16-17-24)22-27(31)28(21-25-14-11-18-32-25)19-23-12-8-7-9-13-23/h7-9,11-14,18,24H,2-6,10,15-17,19-22H2,1H3. The van der Waals surface area contributed by atoms with Crippen LogP contribution >= 0.6 is 11.3 Å². The largest absolute Gasteiger partial charge is 0.333 e. The second-order valence-electron chi connectivity index (χ2n) is 9.05. The maximum absolute atomic E-state index is 13.4. The van der Waals surface area contributed by atoms with Gasteiger partial charge in [0.1, 0.15) is 0 Å². The van der Waals surface area contributed by atoms with Crippen LogP contribution in [0, 0.1) is 5.92 Å². The predicted molar refractivity (Wildman–Crippen MR) is 132 cm³/mol. The third kappa shape index (κ3) is 8.78. The number of nitrogens with zero attached hydrogens (tertiary/aromatic N) is 2. The predicted octanol–water partition coefficient (Wildman–Crippen LogP) is 6.27. The Kier molecular flexibility index (Phi) is 10.3. The number of thiophene rings is 1. The minimum atomic E-state index is 0.0409. The van der Waals surface area contributed by atoms with Crippen molar-refractivity contribution in [1.29, 1.82) is 0 Å². The molecule has 1 fully saturated rings. The van der Waals surface area contributed by atoms with Crippen LogP contribution < -0.4 is 0 Å². The van der Waals surface area contributed by atoms with Gasteiger partial charge in [-0.3, -0.25) is 9.59 Å². The molecular weight excluding hydrogens is 416 g/mol. The van der Waals surface area contributed by atoms with E-state index in [1.54, 1.807) is 11.3 Å². The summed E-state index contributed by atoms with van der Waals surface area (Å²) in [5, 5.41) is 2.05. The number of unbranched alkanes of at least 4 members (excludes halogenated alkanes) is 5. The van der Waals surface area contributed by atoms with E-state index in [4.69, 9.17) is 0 Å². The van der Waals surface area contributed by atoms with Gasteiger partial charge in [0.25, 0.3) is 0 Å². The van der Waals surface area contributed by atoms with Crippen LogP contribution in [0.15, 0.2) is 47.8 Å². The number of hydrogen-bond acceptors (Lipinski definition) is 3. The monoisotopic (exact) mass is 454 g/mol. The Bertz CT molecular complexity index is 802. The minimum absolute atomic E-state index is 0.0409. The first-order chi connectivity index (χ1) is 15.7.